The van der Waals surface area contributed by atoms with Gasteiger partial charge in [-0.2, -0.15) is 0 Å². The van der Waals surface area contributed by atoms with Gasteiger partial charge in [0, 0.05) is 24.1 Å². The fourth-order valence-corrected chi connectivity index (χ4v) is 2.31. The molecule has 94 valence electrons. The summed E-state index contributed by atoms with van der Waals surface area (Å²) in [6.07, 6.45) is 1.02. The van der Waals surface area contributed by atoms with Crippen molar-refractivity contribution in [1.29, 1.82) is 0 Å². The number of halogens is 2. The van der Waals surface area contributed by atoms with Gasteiger partial charge in [0.05, 0.1) is 5.56 Å². The van der Waals surface area contributed by atoms with Crippen LogP contribution in [-0.4, -0.2) is 37.0 Å². The van der Waals surface area contributed by atoms with Gasteiger partial charge in [-0.25, -0.2) is 0 Å². The number of rotatable bonds is 1. The highest BCUT2D eigenvalue weighted by atomic mass is 79.9. The minimum absolute atomic E-state index is 0. The van der Waals surface area contributed by atoms with Gasteiger partial charge in [0.2, 0.25) is 0 Å². The number of benzene rings is 1. The smallest absolute Gasteiger partial charge is 0.255 e. The van der Waals surface area contributed by atoms with Gasteiger partial charge in [0.1, 0.15) is 0 Å². The maximum atomic E-state index is 12.2. The summed E-state index contributed by atoms with van der Waals surface area (Å²) < 4.78 is 0.872. The highest BCUT2D eigenvalue weighted by Gasteiger charge is 2.18. The van der Waals surface area contributed by atoms with E-state index in [0.29, 0.717) is 0 Å². The van der Waals surface area contributed by atoms with Crippen LogP contribution in [0.2, 0.25) is 0 Å². The lowest BCUT2D eigenvalue weighted by Gasteiger charge is -2.20. The summed E-state index contributed by atoms with van der Waals surface area (Å²) in [6.45, 7) is 3.52. The van der Waals surface area contributed by atoms with Crippen LogP contribution in [0, 0.1) is 0 Å². The van der Waals surface area contributed by atoms with E-state index < -0.39 is 0 Å². The van der Waals surface area contributed by atoms with E-state index in [4.69, 9.17) is 0 Å². The van der Waals surface area contributed by atoms with Crippen LogP contribution < -0.4 is 5.32 Å². The number of amides is 1. The summed E-state index contributed by atoms with van der Waals surface area (Å²) in [5.74, 6) is 0.121. The Labute approximate surface area is 116 Å². The summed E-state index contributed by atoms with van der Waals surface area (Å²) in [7, 11) is 0. The molecule has 0 unspecified atom stereocenters. The van der Waals surface area contributed by atoms with Crippen LogP contribution in [0.25, 0.3) is 0 Å². The van der Waals surface area contributed by atoms with Crippen LogP contribution in [0.15, 0.2) is 28.7 Å². The second-order valence-electron chi connectivity index (χ2n) is 3.88. The third kappa shape index (κ3) is 3.69. The lowest BCUT2D eigenvalue weighted by molar-refractivity contribution is 0.0765. The maximum Gasteiger partial charge on any atom is 0.255 e. The molecule has 2 rings (SSSR count). The Morgan fingerprint density at radius 1 is 1.24 bits per heavy atom. The van der Waals surface area contributed by atoms with Crippen molar-refractivity contribution in [2.75, 3.05) is 26.2 Å². The fourth-order valence-electron chi connectivity index (χ4n) is 1.85. The molecule has 1 fully saturated rings. The van der Waals surface area contributed by atoms with Crippen molar-refractivity contribution >= 4 is 34.2 Å². The Hall–Kier alpha value is -0.580. The third-order valence-electron chi connectivity index (χ3n) is 2.73. The van der Waals surface area contributed by atoms with Crippen molar-refractivity contribution in [3.05, 3.63) is 34.3 Å². The SMILES string of the molecule is Cl.O=C(c1ccccc1Br)N1CCCNCC1. The Bertz CT molecular complexity index is 379. The van der Waals surface area contributed by atoms with E-state index in [1.807, 2.05) is 29.2 Å². The van der Waals surface area contributed by atoms with Crippen molar-refractivity contribution in [2.24, 2.45) is 0 Å². The van der Waals surface area contributed by atoms with Gasteiger partial charge in [-0.15, -0.1) is 12.4 Å². The summed E-state index contributed by atoms with van der Waals surface area (Å²) in [4.78, 5) is 14.2. The molecule has 0 aromatic heterocycles. The average molecular weight is 320 g/mol. The molecule has 1 saturated heterocycles. The van der Waals surface area contributed by atoms with Crippen molar-refractivity contribution in [1.82, 2.24) is 10.2 Å². The second-order valence-corrected chi connectivity index (χ2v) is 4.73. The quantitative estimate of drug-likeness (QED) is 0.861. The van der Waals surface area contributed by atoms with Crippen LogP contribution in [0.4, 0.5) is 0 Å². The number of carbonyl (C=O) groups is 1. The monoisotopic (exact) mass is 318 g/mol. The molecule has 1 aromatic carbocycles. The van der Waals surface area contributed by atoms with Crippen LogP contribution >= 0.6 is 28.3 Å². The highest BCUT2D eigenvalue weighted by molar-refractivity contribution is 9.10. The Balaban J connectivity index is 0.00000144. The predicted octanol–water partition coefficient (Wildman–Crippen LogP) is 2.31. The van der Waals surface area contributed by atoms with Crippen LogP contribution in [0.3, 0.4) is 0 Å². The van der Waals surface area contributed by atoms with E-state index in [2.05, 4.69) is 21.2 Å². The number of hydrogen-bond acceptors (Lipinski definition) is 2. The summed E-state index contributed by atoms with van der Waals surface area (Å²) in [6, 6.07) is 7.59. The first-order chi connectivity index (χ1) is 7.79. The number of carbonyl (C=O) groups excluding carboxylic acids is 1. The third-order valence-corrected chi connectivity index (χ3v) is 3.42. The molecule has 1 aliphatic heterocycles. The van der Waals surface area contributed by atoms with Crippen molar-refractivity contribution in [2.45, 2.75) is 6.42 Å². The average Bonchev–Trinajstić information content (AvgIpc) is 2.57. The number of nitrogens with zero attached hydrogens (tertiary/aromatic N) is 1. The molecule has 17 heavy (non-hydrogen) atoms. The molecule has 1 heterocycles. The molecule has 1 N–H and O–H groups in total. The van der Waals surface area contributed by atoms with Crippen LogP contribution in [-0.2, 0) is 0 Å². The van der Waals surface area contributed by atoms with E-state index in [9.17, 15) is 4.79 Å². The Morgan fingerprint density at radius 3 is 2.76 bits per heavy atom. The Kier molecular flexibility index (Phi) is 5.95. The normalized spacial score (nSPS) is 15.9. The number of hydrogen-bond donors (Lipinski definition) is 1. The molecule has 0 radical (unpaired) electrons. The summed E-state index contributed by atoms with van der Waals surface area (Å²) >= 11 is 3.42. The van der Waals surface area contributed by atoms with Gasteiger partial charge in [0.15, 0.2) is 0 Å². The predicted molar refractivity (Wildman–Crippen MR) is 74.8 cm³/mol. The molecule has 1 amide bonds. The standard InChI is InChI=1S/C12H15BrN2O.ClH/c13-11-5-2-1-4-10(11)12(16)15-8-3-6-14-7-9-15;/h1-2,4-5,14H,3,6-9H2;1H. The summed E-state index contributed by atoms with van der Waals surface area (Å²) in [5.41, 5.74) is 0.754. The van der Waals surface area contributed by atoms with Crippen molar-refractivity contribution in [3.8, 4) is 0 Å². The minimum Gasteiger partial charge on any atom is -0.337 e. The minimum atomic E-state index is 0. The van der Waals surface area contributed by atoms with E-state index >= 15 is 0 Å². The molecule has 1 aliphatic rings. The zero-order valence-corrected chi connectivity index (χ0v) is 11.9. The molecule has 0 atom stereocenters. The maximum absolute atomic E-state index is 12.2. The van der Waals surface area contributed by atoms with E-state index in [1.54, 1.807) is 0 Å². The van der Waals surface area contributed by atoms with Gasteiger partial charge in [-0.1, -0.05) is 12.1 Å². The summed E-state index contributed by atoms with van der Waals surface area (Å²) in [5, 5.41) is 3.29. The first-order valence-corrected chi connectivity index (χ1v) is 6.33. The van der Waals surface area contributed by atoms with E-state index in [1.165, 1.54) is 0 Å². The van der Waals surface area contributed by atoms with Gasteiger partial charge in [-0.3, -0.25) is 4.79 Å². The van der Waals surface area contributed by atoms with Crippen molar-refractivity contribution < 1.29 is 4.79 Å². The van der Waals surface area contributed by atoms with Gasteiger partial charge >= 0.3 is 0 Å². The zero-order chi connectivity index (χ0) is 11.4. The Morgan fingerprint density at radius 2 is 2.00 bits per heavy atom. The second kappa shape index (κ2) is 6.99. The molecule has 3 nitrogen and oxygen atoms in total. The first kappa shape index (κ1) is 14.5. The molecular weight excluding hydrogens is 304 g/mol. The number of nitrogens with one attached hydrogen (secondary N) is 1. The van der Waals surface area contributed by atoms with Crippen LogP contribution in [0.1, 0.15) is 16.8 Å². The van der Waals surface area contributed by atoms with Crippen LogP contribution in [0.5, 0.6) is 0 Å². The zero-order valence-electron chi connectivity index (χ0n) is 9.49. The van der Waals surface area contributed by atoms with Gasteiger partial charge < -0.3 is 10.2 Å². The molecule has 0 bridgehead atoms. The fraction of sp³-hybridized carbons (Fsp3) is 0.417. The topological polar surface area (TPSA) is 32.3 Å². The molecule has 0 saturated carbocycles. The molecule has 0 aliphatic carbocycles. The van der Waals surface area contributed by atoms with Crippen molar-refractivity contribution in [3.63, 3.8) is 0 Å². The molecule has 0 spiro atoms. The lowest BCUT2D eigenvalue weighted by Crippen LogP contribution is -2.34. The lowest BCUT2D eigenvalue weighted by atomic mass is 10.2. The van der Waals surface area contributed by atoms with Gasteiger partial charge in [0.25, 0.3) is 5.91 Å². The molecule has 1 aromatic rings. The first-order valence-electron chi connectivity index (χ1n) is 5.53. The highest BCUT2D eigenvalue weighted by Crippen LogP contribution is 2.18. The van der Waals surface area contributed by atoms with E-state index in [-0.39, 0.29) is 18.3 Å². The van der Waals surface area contributed by atoms with Gasteiger partial charge in [-0.05, 0) is 41.0 Å². The molecular formula is C12H16BrClN2O. The molecule has 5 heteroatoms. The van der Waals surface area contributed by atoms with E-state index in [0.717, 1.165) is 42.6 Å². The largest absolute Gasteiger partial charge is 0.337 e.